The van der Waals surface area contributed by atoms with Crippen molar-refractivity contribution >= 4 is 11.5 Å². The van der Waals surface area contributed by atoms with Crippen molar-refractivity contribution in [1.82, 2.24) is 4.90 Å². The molecule has 0 unspecified atom stereocenters. The molecule has 0 bridgehead atoms. The average Bonchev–Trinajstić information content (AvgIpc) is 2.26. The number of nitrogens with zero attached hydrogens (tertiary/aromatic N) is 2. The third-order valence-electron chi connectivity index (χ3n) is 2.42. The highest BCUT2D eigenvalue weighted by Gasteiger charge is 2.05. The average molecular weight is 236 g/mol. The third-order valence-corrected chi connectivity index (χ3v) is 2.42. The summed E-state index contributed by atoms with van der Waals surface area (Å²) in [6.45, 7) is 2.76. The molecule has 0 saturated heterocycles. The molecule has 0 aromatic heterocycles. The van der Waals surface area contributed by atoms with Crippen LogP contribution < -0.4 is 0 Å². The van der Waals surface area contributed by atoms with Crippen molar-refractivity contribution in [2.75, 3.05) is 20.1 Å². The standard InChI is InChI=1S/C12H16N2O3/c1-10(15)9-13(2)8-7-11-3-5-12(6-4-11)14(16)17/h3-6H,7-9H2,1-2H3. The maximum atomic E-state index is 10.9. The van der Waals surface area contributed by atoms with E-state index in [0.717, 1.165) is 18.5 Å². The second kappa shape index (κ2) is 6.10. The van der Waals surface area contributed by atoms with Crippen LogP contribution in [0.2, 0.25) is 0 Å². The first-order valence-electron chi connectivity index (χ1n) is 5.40. The first-order chi connectivity index (χ1) is 7.99. The number of carbonyl (C=O) groups excluding carboxylic acids is 1. The summed E-state index contributed by atoms with van der Waals surface area (Å²) in [7, 11) is 1.88. The molecular weight excluding hydrogens is 220 g/mol. The molecule has 17 heavy (non-hydrogen) atoms. The van der Waals surface area contributed by atoms with E-state index in [1.165, 1.54) is 12.1 Å². The molecule has 0 radical (unpaired) electrons. The smallest absolute Gasteiger partial charge is 0.269 e. The Kier molecular flexibility index (Phi) is 4.78. The molecule has 0 spiro atoms. The molecule has 1 rings (SSSR count). The Balaban J connectivity index is 2.47. The largest absolute Gasteiger partial charge is 0.299 e. The van der Waals surface area contributed by atoms with Gasteiger partial charge >= 0.3 is 0 Å². The zero-order chi connectivity index (χ0) is 12.8. The quantitative estimate of drug-likeness (QED) is 0.556. The van der Waals surface area contributed by atoms with E-state index in [0.29, 0.717) is 6.54 Å². The number of Topliss-reactive ketones (excluding diaryl/α,β-unsaturated/α-hetero) is 1. The van der Waals surface area contributed by atoms with Gasteiger partial charge in [-0.1, -0.05) is 12.1 Å². The van der Waals surface area contributed by atoms with Crippen LogP contribution in [-0.4, -0.2) is 35.7 Å². The molecule has 5 nitrogen and oxygen atoms in total. The predicted molar refractivity (Wildman–Crippen MR) is 65.0 cm³/mol. The van der Waals surface area contributed by atoms with Gasteiger partial charge < -0.3 is 0 Å². The maximum absolute atomic E-state index is 10.9. The SMILES string of the molecule is CC(=O)CN(C)CCc1ccc([N+](=O)[O-])cc1. The van der Waals surface area contributed by atoms with Crippen LogP contribution in [0.3, 0.4) is 0 Å². The first kappa shape index (κ1) is 13.3. The van der Waals surface area contributed by atoms with Crippen molar-refractivity contribution in [1.29, 1.82) is 0 Å². The van der Waals surface area contributed by atoms with Crippen LogP contribution >= 0.6 is 0 Å². The summed E-state index contributed by atoms with van der Waals surface area (Å²) in [6.07, 6.45) is 0.780. The lowest BCUT2D eigenvalue weighted by Gasteiger charge is -2.14. The van der Waals surface area contributed by atoms with Crippen LogP contribution in [0.4, 0.5) is 5.69 Å². The van der Waals surface area contributed by atoms with E-state index >= 15 is 0 Å². The molecule has 1 aromatic rings. The zero-order valence-corrected chi connectivity index (χ0v) is 10.0. The van der Waals surface area contributed by atoms with Gasteiger partial charge in [0.2, 0.25) is 0 Å². The van der Waals surface area contributed by atoms with E-state index in [4.69, 9.17) is 0 Å². The Morgan fingerprint density at radius 3 is 2.41 bits per heavy atom. The highest BCUT2D eigenvalue weighted by atomic mass is 16.6. The molecule has 0 atom stereocenters. The van der Waals surface area contributed by atoms with Gasteiger partial charge in [0.15, 0.2) is 0 Å². The van der Waals surface area contributed by atoms with Gasteiger partial charge in [-0.25, -0.2) is 0 Å². The van der Waals surface area contributed by atoms with E-state index in [-0.39, 0.29) is 11.5 Å². The lowest BCUT2D eigenvalue weighted by atomic mass is 10.1. The molecule has 0 fully saturated rings. The molecule has 1 aromatic carbocycles. The Hall–Kier alpha value is -1.75. The summed E-state index contributed by atoms with van der Waals surface area (Å²) < 4.78 is 0. The van der Waals surface area contributed by atoms with Crippen molar-refractivity contribution in [3.05, 3.63) is 39.9 Å². The third kappa shape index (κ3) is 4.74. The molecular formula is C12H16N2O3. The fourth-order valence-electron chi connectivity index (χ4n) is 1.56. The number of hydrogen-bond acceptors (Lipinski definition) is 4. The van der Waals surface area contributed by atoms with Crippen LogP contribution in [0.5, 0.6) is 0 Å². The van der Waals surface area contributed by atoms with Crippen molar-refractivity contribution in [2.24, 2.45) is 0 Å². The van der Waals surface area contributed by atoms with Crippen LogP contribution in [0, 0.1) is 10.1 Å². The maximum Gasteiger partial charge on any atom is 0.269 e. The molecule has 0 aliphatic rings. The second-order valence-electron chi connectivity index (χ2n) is 4.11. The lowest BCUT2D eigenvalue weighted by Crippen LogP contribution is -2.26. The van der Waals surface area contributed by atoms with Crippen molar-refractivity contribution in [2.45, 2.75) is 13.3 Å². The van der Waals surface area contributed by atoms with Gasteiger partial charge in [0.1, 0.15) is 5.78 Å². The molecule has 0 aliphatic carbocycles. The molecule has 0 amide bonds. The summed E-state index contributed by atoms with van der Waals surface area (Å²) in [5.41, 5.74) is 1.14. The van der Waals surface area contributed by atoms with E-state index in [9.17, 15) is 14.9 Å². The molecule has 92 valence electrons. The van der Waals surface area contributed by atoms with Crippen molar-refractivity contribution in [3.63, 3.8) is 0 Å². The predicted octanol–water partition coefficient (Wildman–Crippen LogP) is 1.66. The summed E-state index contributed by atoms with van der Waals surface area (Å²) in [4.78, 5) is 22.9. The van der Waals surface area contributed by atoms with Crippen LogP contribution in [0.1, 0.15) is 12.5 Å². The lowest BCUT2D eigenvalue weighted by molar-refractivity contribution is -0.384. The van der Waals surface area contributed by atoms with Crippen molar-refractivity contribution < 1.29 is 9.72 Å². The minimum atomic E-state index is -0.411. The first-order valence-corrected chi connectivity index (χ1v) is 5.40. The van der Waals surface area contributed by atoms with Gasteiger partial charge in [0.05, 0.1) is 11.5 Å². The monoisotopic (exact) mass is 236 g/mol. The summed E-state index contributed by atoms with van der Waals surface area (Å²) in [6, 6.07) is 6.50. The highest BCUT2D eigenvalue weighted by Crippen LogP contribution is 2.12. The summed E-state index contributed by atoms with van der Waals surface area (Å²) in [5, 5.41) is 10.5. The molecule has 5 heteroatoms. The zero-order valence-electron chi connectivity index (χ0n) is 10.0. The van der Waals surface area contributed by atoms with Gasteiger partial charge in [-0.2, -0.15) is 0 Å². The molecule has 0 heterocycles. The van der Waals surface area contributed by atoms with E-state index < -0.39 is 4.92 Å². The summed E-state index contributed by atoms with van der Waals surface area (Å²) in [5.74, 6) is 0.135. The normalized spacial score (nSPS) is 10.5. The highest BCUT2D eigenvalue weighted by molar-refractivity contribution is 5.77. The number of nitro benzene ring substituents is 1. The molecule has 0 aliphatic heterocycles. The van der Waals surface area contributed by atoms with Crippen LogP contribution in [0.25, 0.3) is 0 Å². The van der Waals surface area contributed by atoms with Gasteiger partial charge in [0, 0.05) is 18.7 Å². The fraction of sp³-hybridized carbons (Fsp3) is 0.417. The van der Waals surface area contributed by atoms with Gasteiger partial charge in [-0.05, 0) is 26.0 Å². The minimum absolute atomic E-state index is 0.103. The number of benzene rings is 1. The van der Waals surface area contributed by atoms with Crippen LogP contribution in [0.15, 0.2) is 24.3 Å². The number of non-ortho nitro benzene ring substituents is 1. The number of carbonyl (C=O) groups is 1. The van der Waals surface area contributed by atoms with Crippen molar-refractivity contribution in [3.8, 4) is 0 Å². The van der Waals surface area contributed by atoms with E-state index in [1.54, 1.807) is 19.1 Å². The Labute approximate surface area is 100 Å². The number of ketones is 1. The fourth-order valence-corrected chi connectivity index (χ4v) is 1.56. The Morgan fingerprint density at radius 1 is 1.35 bits per heavy atom. The van der Waals surface area contributed by atoms with E-state index in [1.807, 2.05) is 11.9 Å². The van der Waals surface area contributed by atoms with E-state index in [2.05, 4.69) is 0 Å². The number of likely N-dealkylation sites (N-methyl/N-ethyl adjacent to an activating group) is 1. The van der Waals surface area contributed by atoms with Gasteiger partial charge in [0.25, 0.3) is 5.69 Å². The Bertz CT molecular complexity index is 401. The topological polar surface area (TPSA) is 63.5 Å². The summed E-state index contributed by atoms with van der Waals surface area (Å²) >= 11 is 0. The number of nitro groups is 1. The minimum Gasteiger partial charge on any atom is -0.299 e. The second-order valence-corrected chi connectivity index (χ2v) is 4.11. The van der Waals surface area contributed by atoms with Gasteiger partial charge in [-0.3, -0.25) is 19.8 Å². The van der Waals surface area contributed by atoms with Crippen LogP contribution in [-0.2, 0) is 11.2 Å². The number of hydrogen-bond donors (Lipinski definition) is 0. The Morgan fingerprint density at radius 2 is 1.94 bits per heavy atom. The number of rotatable bonds is 6. The molecule has 0 N–H and O–H groups in total. The molecule has 0 saturated carbocycles. The van der Waals surface area contributed by atoms with Gasteiger partial charge in [-0.15, -0.1) is 0 Å².